The summed E-state index contributed by atoms with van der Waals surface area (Å²) < 4.78 is 10.1. The number of hydrogen-bond acceptors (Lipinski definition) is 4. The molecule has 0 unspecified atom stereocenters. The van der Waals surface area contributed by atoms with Gasteiger partial charge in [-0.1, -0.05) is 55.1 Å². The van der Waals surface area contributed by atoms with Crippen molar-refractivity contribution in [3.8, 4) is 33.8 Å². The lowest BCUT2D eigenvalue weighted by molar-refractivity contribution is -0.132. The molecule has 134 valence electrons. The van der Waals surface area contributed by atoms with Crippen LogP contribution < -0.4 is 9.47 Å². The summed E-state index contributed by atoms with van der Waals surface area (Å²) in [6.45, 7) is 4.75. The van der Waals surface area contributed by atoms with Gasteiger partial charge in [0.05, 0.1) is 0 Å². The van der Waals surface area contributed by atoms with Gasteiger partial charge in [-0.25, -0.2) is 4.79 Å². The highest BCUT2D eigenvalue weighted by atomic mass is 16.5. The molecule has 0 N–H and O–H groups in total. The van der Waals surface area contributed by atoms with E-state index in [2.05, 4.69) is 6.58 Å². The van der Waals surface area contributed by atoms with Crippen LogP contribution in [0, 0.1) is 0 Å². The second-order valence-corrected chi connectivity index (χ2v) is 5.84. The van der Waals surface area contributed by atoms with Gasteiger partial charge in [0.1, 0.15) is 11.5 Å². The Morgan fingerprint density at radius 2 is 1.00 bits per heavy atom. The molecule has 0 saturated heterocycles. The van der Waals surface area contributed by atoms with E-state index in [-0.39, 0.29) is 5.97 Å². The molecule has 4 heteroatoms. The third kappa shape index (κ3) is 4.70. The quantitative estimate of drug-likeness (QED) is 0.364. The van der Waals surface area contributed by atoms with Crippen LogP contribution in [-0.4, -0.2) is 11.9 Å². The number of carbonyl (C=O) groups is 2. The summed E-state index contributed by atoms with van der Waals surface area (Å²) in [5.41, 5.74) is 4.16. The molecular formula is C23H18O4. The van der Waals surface area contributed by atoms with Crippen LogP contribution >= 0.6 is 0 Å². The van der Waals surface area contributed by atoms with Crippen LogP contribution in [0.1, 0.15) is 6.92 Å². The molecule has 0 aliphatic heterocycles. The van der Waals surface area contributed by atoms with E-state index in [0.717, 1.165) is 28.3 Å². The van der Waals surface area contributed by atoms with Crippen molar-refractivity contribution < 1.29 is 19.1 Å². The molecule has 0 saturated carbocycles. The molecule has 3 rings (SSSR count). The SMILES string of the molecule is C=CC(=O)Oc1ccc(-c2ccc(-c3ccc(OC(C)=O)cc3)cc2)cc1. The zero-order chi connectivity index (χ0) is 19.2. The Balaban J connectivity index is 1.74. The minimum Gasteiger partial charge on any atom is -0.427 e. The molecule has 0 aliphatic rings. The maximum atomic E-state index is 11.2. The van der Waals surface area contributed by atoms with Crippen molar-refractivity contribution in [3.05, 3.63) is 85.5 Å². The number of benzene rings is 3. The van der Waals surface area contributed by atoms with E-state index >= 15 is 0 Å². The lowest BCUT2D eigenvalue weighted by atomic mass is 10.0. The molecule has 27 heavy (non-hydrogen) atoms. The Morgan fingerprint density at radius 3 is 1.33 bits per heavy atom. The lowest BCUT2D eigenvalue weighted by Gasteiger charge is -2.07. The largest absolute Gasteiger partial charge is 0.427 e. The van der Waals surface area contributed by atoms with Gasteiger partial charge in [-0.2, -0.15) is 0 Å². The number of hydrogen-bond donors (Lipinski definition) is 0. The van der Waals surface area contributed by atoms with Crippen molar-refractivity contribution in [2.45, 2.75) is 6.92 Å². The molecule has 3 aromatic rings. The average Bonchev–Trinajstić information content (AvgIpc) is 2.69. The second kappa shape index (κ2) is 8.15. The van der Waals surface area contributed by atoms with Crippen LogP contribution in [0.25, 0.3) is 22.3 Å². The standard InChI is InChI=1S/C23H18O4/c1-3-23(25)27-22-14-10-20(11-15-22)18-6-4-17(5-7-18)19-8-12-21(13-9-19)26-16(2)24/h3-15H,1H2,2H3. The van der Waals surface area contributed by atoms with E-state index in [1.165, 1.54) is 6.92 Å². The zero-order valence-electron chi connectivity index (χ0n) is 14.8. The topological polar surface area (TPSA) is 52.6 Å². The van der Waals surface area contributed by atoms with E-state index in [9.17, 15) is 9.59 Å². The van der Waals surface area contributed by atoms with Gasteiger partial charge in [-0.15, -0.1) is 0 Å². The van der Waals surface area contributed by atoms with E-state index in [0.29, 0.717) is 11.5 Å². The van der Waals surface area contributed by atoms with Crippen LogP contribution in [0.2, 0.25) is 0 Å². The van der Waals surface area contributed by atoms with Crippen molar-refractivity contribution in [2.75, 3.05) is 0 Å². The van der Waals surface area contributed by atoms with E-state index in [1.54, 1.807) is 24.3 Å². The number of rotatable bonds is 5. The molecule has 0 aromatic heterocycles. The Kier molecular flexibility index (Phi) is 5.47. The van der Waals surface area contributed by atoms with Gasteiger partial charge in [-0.3, -0.25) is 4.79 Å². The first-order chi connectivity index (χ1) is 13.0. The minimum atomic E-state index is -0.480. The molecule has 0 atom stereocenters. The average molecular weight is 358 g/mol. The van der Waals surface area contributed by atoms with Crippen LogP contribution in [-0.2, 0) is 9.59 Å². The van der Waals surface area contributed by atoms with Crippen LogP contribution in [0.3, 0.4) is 0 Å². The van der Waals surface area contributed by atoms with Gasteiger partial charge in [0.15, 0.2) is 0 Å². The van der Waals surface area contributed by atoms with Crippen LogP contribution in [0.15, 0.2) is 85.5 Å². The van der Waals surface area contributed by atoms with Gasteiger partial charge in [0, 0.05) is 13.0 Å². The van der Waals surface area contributed by atoms with Crippen molar-refractivity contribution >= 4 is 11.9 Å². The summed E-state index contributed by atoms with van der Waals surface area (Å²) in [5.74, 6) is 0.192. The van der Waals surface area contributed by atoms with Crippen molar-refractivity contribution in [1.29, 1.82) is 0 Å². The van der Waals surface area contributed by atoms with E-state index in [1.807, 2.05) is 48.5 Å². The smallest absolute Gasteiger partial charge is 0.335 e. The monoisotopic (exact) mass is 358 g/mol. The molecule has 0 radical (unpaired) electrons. The molecule has 3 aromatic carbocycles. The Hall–Kier alpha value is -3.66. The van der Waals surface area contributed by atoms with Crippen LogP contribution in [0.5, 0.6) is 11.5 Å². The van der Waals surface area contributed by atoms with Gasteiger partial charge in [0.25, 0.3) is 0 Å². The first-order valence-corrected chi connectivity index (χ1v) is 8.39. The fourth-order valence-electron chi connectivity index (χ4n) is 2.61. The Bertz CT molecular complexity index is 953. The lowest BCUT2D eigenvalue weighted by Crippen LogP contribution is -2.02. The fourth-order valence-corrected chi connectivity index (χ4v) is 2.61. The number of carbonyl (C=O) groups excluding carboxylic acids is 2. The zero-order valence-corrected chi connectivity index (χ0v) is 14.8. The molecule has 0 spiro atoms. The number of ether oxygens (including phenoxy) is 2. The van der Waals surface area contributed by atoms with Gasteiger partial charge >= 0.3 is 11.9 Å². The minimum absolute atomic E-state index is 0.336. The summed E-state index contributed by atoms with van der Waals surface area (Å²) >= 11 is 0. The Morgan fingerprint density at radius 1 is 0.667 bits per heavy atom. The summed E-state index contributed by atoms with van der Waals surface area (Å²) in [5, 5.41) is 0. The maximum Gasteiger partial charge on any atom is 0.335 e. The van der Waals surface area contributed by atoms with E-state index < -0.39 is 5.97 Å². The summed E-state index contributed by atoms with van der Waals surface area (Å²) in [6.07, 6.45) is 1.13. The molecule has 4 nitrogen and oxygen atoms in total. The van der Waals surface area contributed by atoms with Gasteiger partial charge in [-0.05, 0) is 46.5 Å². The van der Waals surface area contributed by atoms with Crippen molar-refractivity contribution in [3.63, 3.8) is 0 Å². The normalized spacial score (nSPS) is 10.1. The highest BCUT2D eigenvalue weighted by Crippen LogP contribution is 2.27. The summed E-state index contributed by atoms with van der Waals surface area (Å²) in [4.78, 5) is 22.2. The number of esters is 2. The first kappa shape index (κ1) is 18.1. The molecule has 0 fully saturated rings. The molecule has 0 heterocycles. The third-order valence-corrected chi connectivity index (χ3v) is 3.91. The second-order valence-electron chi connectivity index (χ2n) is 5.84. The van der Waals surface area contributed by atoms with E-state index in [4.69, 9.17) is 9.47 Å². The van der Waals surface area contributed by atoms with Crippen molar-refractivity contribution in [2.24, 2.45) is 0 Å². The van der Waals surface area contributed by atoms with Crippen molar-refractivity contribution in [1.82, 2.24) is 0 Å². The Labute approximate surface area is 157 Å². The third-order valence-electron chi connectivity index (χ3n) is 3.91. The summed E-state index contributed by atoms with van der Waals surface area (Å²) in [7, 11) is 0. The molecule has 0 bridgehead atoms. The molecule has 0 amide bonds. The predicted molar refractivity (Wildman–Crippen MR) is 104 cm³/mol. The van der Waals surface area contributed by atoms with Gasteiger partial charge < -0.3 is 9.47 Å². The van der Waals surface area contributed by atoms with Gasteiger partial charge in [0.2, 0.25) is 0 Å². The first-order valence-electron chi connectivity index (χ1n) is 8.39. The predicted octanol–water partition coefficient (Wildman–Crippen LogP) is 5.04. The summed E-state index contributed by atoms with van der Waals surface area (Å²) in [6, 6.07) is 22.8. The van der Waals surface area contributed by atoms with Crippen LogP contribution in [0.4, 0.5) is 0 Å². The fraction of sp³-hybridized carbons (Fsp3) is 0.0435. The maximum absolute atomic E-state index is 11.2. The highest BCUT2D eigenvalue weighted by Gasteiger charge is 2.04. The molecule has 0 aliphatic carbocycles. The highest BCUT2D eigenvalue weighted by molar-refractivity contribution is 5.83. The molecular weight excluding hydrogens is 340 g/mol.